The lowest BCUT2D eigenvalue weighted by Gasteiger charge is -2.32. The second-order valence-electron chi connectivity index (χ2n) is 5.19. The van der Waals surface area contributed by atoms with Gasteiger partial charge in [0, 0.05) is 32.9 Å². The molecular weight excluding hydrogens is 294 g/mol. The van der Waals surface area contributed by atoms with Crippen LogP contribution in [0.25, 0.3) is 0 Å². The van der Waals surface area contributed by atoms with Gasteiger partial charge in [0.25, 0.3) is 5.91 Å². The van der Waals surface area contributed by atoms with Gasteiger partial charge < -0.3 is 14.2 Å². The zero-order chi connectivity index (χ0) is 15.6. The van der Waals surface area contributed by atoms with Crippen molar-refractivity contribution in [1.82, 2.24) is 9.47 Å². The van der Waals surface area contributed by atoms with Crippen LogP contribution in [0.15, 0.2) is 17.2 Å². The van der Waals surface area contributed by atoms with E-state index in [2.05, 4.69) is 0 Å². The van der Waals surface area contributed by atoms with E-state index < -0.39 is 10.0 Å². The Bertz CT molecular complexity index is 621. The van der Waals surface area contributed by atoms with Crippen molar-refractivity contribution in [1.29, 1.82) is 0 Å². The van der Waals surface area contributed by atoms with Crippen LogP contribution in [0, 0.1) is 0 Å². The maximum atomic E-state index is 12.5. The Kier molecular flexibility index (Phi) is 4.70. The van der Waals surface area contributed by atoms with Crippen LogP contribution >= 0.6 is 0 Å². The first-order valence-electron chi connectivity index (χ1n) is 6.93. The number of aromatic nitrogens is 1. The lowest BCUT2D eigenvalue weighted by Crippen LogP contribution is -2.43. The summed E-state index contributed by atoms with van der Waals surface area (Å²) in [5, 5.41) is 5.09. The third kappa shape index (κ3) is 3.63. The molecular formula is C13H21N3O4S. The molecule has 1 aromatic heterocycles. The van der Waals surface area contributed by atoms with Crippen molar-refractivity contribution in [3.05, 3.63) is 18.0 Å². The summed E-state index contributed by atoms with van der Waals surface area (Å²) in [6.07, 6.45) is 3.22. The van der Waals surface area contributed by atoms with Gasteiger partial charge in [-0.3, -0.25) is 4.79 Å². The van der Waals surface area contributed by atoms with Crippen molar-refractivity contribution in [3.8, 4) is 0 Å². The lowest BCUT2D eigenvalue weighted by molar-refractivity contribution is 0.00690. The van der Waals surface area contributed by atoms with Crippen LogP contribution in [0.1, 0.15) is 30.3 Å². The molecule has 2 rings (SSSR count). The predicted molar refractivity (Wildman–Crippen MR) is 77.3 cm³/mol. The standard InChI is InChI=1S/C13H21N3O4S/c1-3-20-10-5-4-6-16(8-10)13(17)12-7-11(9-15(12)2)21(14,18)19/h7,9-10H,3-6,8H2,1-2H3,(H2,14,18,19). The molecule has 1 aliphatic heterocycles. The molecule has 1 atom stereocenters. The largest absolute Gasteiger partial charge is 0.377 e. The maximum Gasteiger partial charge on any atom is 0.270 e. The van der Waals surface area contributed by atoms with Gasteiger partial charge >= 0.3 is 0 Å². The van der Waals surface area contributed by atoms with E-state index >= 15 is 0 Å². The smallest absolute Gasteiger partial charge is 0.270 e. The van der Waals surface area contributed by atoms with E-state index in [0.717, 1.165) is 12.8 Å². The second kappa shape index (κ2) is 6.17. The molecule has 0 aromatic carbocycles. The number of primary sulfonamides is 1. The number of carbonyl (C=O) groups is 1. The highest BCUT2D eigenvalue weighted by molar-refractivity contribution is 7.89. The molecule has 0 spiro atoms. The SMILES string of the molecule is CCOC1CCCN(C(=O)c2cc(S(N)(=O)=O)cn2C)C1. The minimum atomic E-state index is -3.80. The van der Waals surface area contributed by atoms with Crippen LogP contribution < -0.4 is 5.14 Å². The molecule has 0 saturated carbocycles. The Labute approximate surface area is 124 Å². The number of rotatable bonds is 4. The van der Waals surface area contributed by atoms with E-state index in [1.165, 1.54) is 16.8 Å². The first-order chi connectivity index (χ1) is 9.82. The zero-order valence-electron chi connectivity index (χ0n) is 12.3. The first-order valence-corrected chi connectivity index (χ1v) is 8.47. The number of hydrogen-bond donors (Lipinski definition) is 1. The molecule has 118 valence electrons. The average Bonchev–Trinajstić information content (AvgIpc) is 2.81. The van der Waals surface area contributed by atoms with Gasteiger partial charge in [0.15, 0.2) is 0 Å². The van der Waals surface area contributed by atoms with Gasteiger partial charge in [-0.2, -0.15) is 0 Å². The number of aryl methyl sites for hydroxylation is 1. The molecule has 1 unspecified atom stereocenters. The summed E-state index contributed by atoms with van der Waals surface area (Å²) in [6, 6.07) is 1.32. The van der Waals surface area contributed by atoms with Crippen LogP contribution in [0.5, 0.6) is 0 Å². The summed E-state index contributed by atoms with van der Waals surface area (Å²) in [5.41, 5.74) is 0.316. The van der Waals surface area contributed by atoms with E-state index in [0.29, 0.717) is 25.4 Å². The molecule has 1 fully saturated rings. The summed E-state index contributed by atoms with van der Waals surface area (Å²) in [6.45, 7) is 3.73. The topological polar surface area (TPSA) is 94.6 Å². The highest BCUT2D eigenvalue weighted by atomic mass is 32.2. The summed E-state index contributed by atoms with van der Waals surface area (Å²) >= 11 is 0. The van der Waals surface area contributed by atoms with E-state index in [4.69, 9.17) is 9.88 Å². The normalized spacial score (nSPS) is 19.8. The van der Waals surface area contributed by atoms with Crippen molar-refractivity contribution in [2.24, 2.45) is 12.2 Å². The monoisotopic (exact) mass is 315 g/mol. The number of sulfonamides is 1. The fourth-order valence-electron chi connectivity index (χ4n) is 2.56. The van der Waals surface area contributed by atoms with Gasteiger partial charge in [-0.15, -0.1) is 0 Å². The molecule has 2 heterocycles. The second-order valence-corrected chi connectivity index (χ2v) is 6.75. The molecule has 8 heteroatoms. The predicted octanol–water partition coefficient (Wildman–Crippen LogP) is 0.314. The third-order valence-electron chi connectivity index (χ3n) is 3.60. The molecule has 1 aromatic rings. The molecule has 2 N–H and O–H groups in total. The van der Waals surface area contributed by atoms with E-state index in [1.807, 2.05) is 6.92 Å². The Morgan fingerprint density at radius 2 is 2.24 bits per heavy atom. The van der Waals surface area contributed by atoms with Gasteiger partial charge in [-0.25, -0.2) is 13.6 Å². The molecule has 0 aliphatic carbocycles. The van der Waals surface area contributed by atoms with Crippen molar-refractivity contribution in [2.75, 3.05) is 19.7 Å². The molecule has 0 radical (unpaired) electrons. The third-order valence-corrected chi connectivity index (χ3v) is 4.48. The number of carbonyl (C=O) groups excluding carboxylic acids is 1. The summed E-state index contributed by atoms with van der Waals surface area (Å²) < 4.78 is 29.8. The van der Waals surface area contributed by atoms with Crippen LogP contribution in [0.4, 0.5) is 0 Å². The molecule has 0 bridgehead atoms. The fourth-order valence-corrected chi connectivity index (χ4v) is 3.14. The average molecular weight is 315 g/mol. The Morgan fingerprint density at radius 3 is 2.81 bits per heavy atom. The first kappa shape index (κ1) is 16.0. The number of likely N-dealkylation sites (tertiary alicyclic amines) is 1. The van der Waals surface area contributed by atoms with Crippen LogP contribution in [-0.2, 0) is 21.8 Å². The van der Waals surface area contributed by atoms with Gasteiger partial charge in [-0.1, -0.05) is 0 Å². The van der Waals surface area contributed by atoms with E-state index in [1.54, 1.807) is 11.9 Å². The highest BCUT2D eigenvalue weighted by Gasteiger charge is 2.27. The molecule has 21 heavy (non-hydrogen) atoms. The number of piperidine rings is 1. The minimum absolute atomic E-state index is 0.0469. The number of nitrogens with zero attached hydrogens (tertiary/aromatic N) is 2. The summed E-state index contributed by atoms with van der Waals surface area (Å²) in [4.78, 5) is 14.2. The summed E-state index contributed by atoms with van der Waals surface area (Å²) in [5.74, 6) is -0.197. The van der Waals surface area contributed by atoms with E-state index in [-0.39, 0.29) is 16.9 Å². The minimum Gasteiger partial charge on any atom is -0.377 e. The number of amides is 1. The lowest BCUT2D eigenvalue weighted by atomic mass is 10.1. The molecule has 1 saturated heterocycles. The van der Waals surface area contributed by atoms with Crippen LogP contribution in [-0.4, -0.2) is 49.6 Å². The van der Waals surface area contributed by atoms with Gasteiger partial charge in [0.2, 0.25) is 10.0 Å². The van der Waals surface area contributed by atoms with Gasteiger partial charge in [-0.05, 0) is 25.8 Å². The van der Waals surface area contributed by atoms with Crippen molar-refractivity contribution >= 4 is 15.9 Å². The Balaban J connectivity index is 2.18. The molecule has 7 nitrogen and oxygen atoms in total. The molecule has 1 aliphatic rings. The fraction of sp³-hybridized carbons (Fsp3) is 0.615. The Morgan fingerprint density at radius 1 is 1.52 bits per heavy atom. The van der Waals surface area contributed by atoms with Gasteiger partial charge in [0.05, 0.1) is 6.10 Å². The van der Waals surface area contributed by atoms with Crippen molar-refractivity contribution in [3.63, 3.8) is 0 Å². The zero-order valence-corrected chi connectivity index (χ0v) is 13.1. The maximum absolute atomic E-state index is 12.5. The van der Waals surface area contributed by atoms with Crippen molar-refractivity contribution < 1.29 is 17.9 Å². The quantitative estimate of drug-likeness (QED) is 0.865. The van der Waals surface area contributed by atoms with Crippen LogP contribution in [0.2, 0.25) is 0 Å². The van der Waals surface area contributed by atoms with Crippen LogP contribution in [0.3, 0.4) is 0 Å². The van der Waals surface area contributed by atoms with Crippen molar-refractivity contribution in [2.45, 2.75) is 30.8 Å². The molecule has 1 amide bonds. The summed E-state index contributed by atoms with van der Waals surface area (Å²) in [7, 11) is -2.17. The number of ether oxygens (including phenoxy) is 1. The number of nitrogens with two attached hydrogens (primary N) is 1. The highest BCUT2D eigenvalue weighted by Crippen LogP contribution is 2.18. The Hall–Kier alpha value is -1.38. The van der Waals surface area contributed by atoms with E-state index in [9.17, 15) is 13.2 Å². The number of hydrogen-bond acceptors (Lipinski definition) is 4. The van der Waals surface area contributed by atoms with Gasteiger partial charge in [0.1, 0.15) is 10.6 Å².